The third-order valence-corrected chi connectivity index (χ3v) is 7.24. The normalized spacial score (nSPS) is 27.3. The molecule has 0 aromatic carbocycles. The Balaban J connectivity index is 1.82. The predicted octanol–water partition coefficient (Wildman–Crippen LogP) is 1.99. The van der Waals surface area contributed by atoms with Crippen LogP contribution >= 0.6 is 22.9 Å². The maximum Gasteiger partial charge on any atom is 0.262 e. The van der Waals surface area contributed by atoms with Gasteiger partial charge in [0.15, 0.2) is 15.1 Å². The standard InChI is InChI=1S/C12H14ClN3O3S2/c13-10-11(15-5-7-20-12(15)14-10)21(17,18)16-4-6-19-9-3-1-2-8(9)16/h5,7-9H,1-4,6H2. The van der Waals surface area contributed by atoms with Crippen molar-refractivity contribution in [3.8, 4) is 0 Å². The van der Waals surface area contributed by atoms with E-state index in [1.54, 1.807) is 20.3 Å². The highest BCUT2D eigenvalue weighted by molar-refractivity contribution is 7.89. The van der Waals surface area contributed by atoms with Crippen molar-refractivity contribution >= 4 is 37.9 Å². The van der Waals surface area contributed by atoms with E-state index in [1.807, 2.05) is 0 Å². The molecule has 4 rings (SSSR count). The van der Waals surface area contributed by atoms with Crippen molar-refractivity contribution in [3.63, 3.8) is 0 Å². The SMILES string of the molecule is O=S(=O)(c1c(Cl)nc2sccn12)N1CCOC2CCCC21. The summed E-state index contributed by atoms with van der Waals surface area (Å²) in [6, 6.07) is -0.0796. The molecule has 3 heterocycles. The van der Waals surface area contributed by atoms with Crippen molar-refractivity contribution < 1.29 is 13.2 Å². The first-order valence-corrected chi connectivity index (χ1v) is 9.53. The van der Waals surface area contributed by atoms with Crippen LogP contribution in [0, 0.1) is 0 Å². The van der Waals surface area contributed by atoms with E-state index in [1.165, 1.54) is 11.3 Å². The molecule has 0 N–H and O–H groups in total. The van der Waals surface area contributed by atoms with Gasteiger partial charge in [-0.25, -0.2) is 13.4 Å². The number of morpholine rings is 1. The first kappa shape index (κ1) is 14.0. The molecule has 21 heavy (non-hydrogen) atoms. The Hall–Kier alpha value is -0.670. The van der Waals surface area contributed by atoms with Crippen LogP contribution in [0.15, 0.2) is 16.6 Å². The van der Waals surface area contributed by atoms with Crippen LogP contribution < -0.4 is 0 Å². The highest BCUT2D eigenvalue weighted by atomic mass is 35.5. The molecule has 0 spiro atoms. The molecule has 2 atom stereocenters. The zero-order valence-electron chi connectivity index (χ0n) is 11.1. The number of halogens is 1. The van der Waals surface area contributed by atoms with Gasteiger partial charge in [-0.1, -0.05) is 11.6 Å². The molecule has 1 saturated heterocycles. The van der Waals surface area contributed by atoms with Crippen molar-refractivity contribution in [3.05, 3.63) is 16.7 Å². The Kier molecular flexibility index (Phi) is 3.27. The summed E-state index contributed by atoms with van der Waals surface area (Å²) in [6.07, 6.45) is 4.46. The number of hydrogen-bond acceptors (Lipinski definition) is 5. The summed E-state index contributed by atoms with van der Waals surface area (Å²) < 4.78 is 34.9. The van der Waals surface area contributed by atoms with E-state index >= 15 is 0 Å². The van der Waals surface area contributed by atoms with Gasteiger partial charge >= 0.3 is 0 Å². The van der Waals surface area contributed by atoms with Gasteiger partial charge in [0.2, 0.25) is 0 Å². The Labute approximate surface area is 131 Å². The van der Waals surface area contributed by atoms with E-state index in [9.17, 15) is 8.42 Å². The maximum atomic E-state index is 13.1. The van der Waals surface area contributed by atoms with Gasteiger partial charge in [0.05, 0.1) is 18.8 Å². The number of fused-ring (bicyclic) bond motifs is 2. The first-order chi connectivity index (χ1) is 10.1. The molecule has 0 radical (unpaired) electrons. The molecule has 0 amide bonds. The summed E-state index contributed by atoms with van der Waals surface area (Å²) in [7, 11) is -3.67. The highest BCUT2D eigenvalue weighted by Crippen LogP contribution is 2.35. The molecule has 2 aromatic heterocycles. The number of rotatable bonds is 2. The lowest BCUT2D eigenvalue weighted by Crippen LogP contribution is -2.51. The molecule has 9 heteroatoms. The smallest absolute Gasteiger partial charge is 0.262 e. The van der Waals surface area contributed by atoms with Crippen molar-refractivity contribution in [2.75, 3.05) is 13.2 Å². The average Bonchev–Trinajstić information content (AvgIpc) is 3.11. The predicted molar refractivity (Wildman–Crippen MR) is 79.3 cm³/mol. The van der Waals surface area contributed by atoms with Gasteiger partial charge in [-0.3, -0.25) is 4.40 Å². The molecule has 1 aliphatic heterocycles. The molecule has 1 saturated carbocycles. The van der Waals surface area contributed by atoms with Gasteiger partial charge in [0.1, 0.15) is 0 Å². The van der Waals surface area contributed by atoms with E-state index in [2.05, 4.69) is 4.98 Å². The number of hydrogen-bond donors (Lipinski definition) is 0. The van der Waals surface area contributed by atoms with Gasteiger partial charge in [-0.15, -0.1) is 11.3 Å². The highest BCUT2D eigenvalue weighted by Gasteiger charge is 2.44. The van der Waals surface area contributed by atoms with Crippen molar-refractivity contribution in [1.29, 1.82) is 0 Å². The van der Waals surface area contributed by atoms with Crippen LogP contribution in [0.3, 0.4) is 0 Å². The van der Waals surface area contributed by atoms with Crippen LogP contribution in [0.4, 0.5) is 0 Å². The monoisotopic (exact) mass is 347 g/mol. The second-order valence-electron chi connectivity index (χ2n) is 5.29. The molecular weight excluding hydrogens is 334 g/mol. The first-order valence-electron chi connectivity index (χ1n) is 6.83. The summed E-state index contributed by atoms with van der Waals surface area (Å²) >= 11 is 7.46. The molecule has 2 aliphatic rings. The molecular formula is C12H14ClN3O3S2. The second-order valence-corrected chi connectivity index (χ2v) is 8.32. The summed E-state index contributed by atoms with van der Waals surface area (Å²) in [5, 5.41) is 1.92. The van der Waals surface area contributed by atoms with E-state index in [0.717, 1.165) is 19.3 Å². The zero-order valence-corrected chi connectivity index (χ0v) is 13.5. The van der Waals surface area contributed by atoms with E-state index in [4.69, 9.17) is 16.3 Å². The number of nitrogens with zero attached hydrogens (tertiary/aromatic N) is 3. The average molecular weight is 348 g/mol. The van der Waals surface area contributed by atoms with Crippen LogP contribution in [-0.4, -0.2) is 47.4 Å². The van der Waals surface area contributed by atoms with Crippen molar-refractivity contribution in [2.24, 2.45) is 0 Å². The second kappa shape index (κ2) is 4.92. The fourth-order valence-corrected chi connectivity index (χ4v) is 6.34. The molecule has 2 fully saturated rings. The topological polar surface area (TPSA) is 63.9 Å². The van der Waals surface area contributed by atoms with Crippen molar-refractivity contribution in [1.82, 2.24) is 13.7 Å². The van der Waals surface area contributed by atoms with Crippen LogP contribution in [-0.2, 0) is 14.8 Å². The minimum atomic E-state index is -3.67. The number of imidazole rings is 1. The Morgan fingerprint density at radius 3 is 3.14 bits per heavy atom. The summed E-state index contributed by atoms with van der Waals surface area (Å²) in [6.45, 7) is 0.806. The zero-order chi connectivity index (χ0) is 14.6. The molecule has 114 valence electrons. The minimum Gasteiger partial charge on any atom is -0.375 e. The lowest BCUT2D eigenvalue weighted by Gasteiger charge is -2.36. The summed E-state index contributed by atoms with van der Waals surface area (Å²) in [5.41, 5.74) is 0. The quantitative estimate of drug-likeness (QED) is 0.833. The van der Waals surface area contributed by atoms with Gasteiger partial charge < -0.3 is 4.74 Å². The molecule has 2 aromatic rings. The fraction of sp³-hybridized carbons (Fsp3) is 0.583. The van der Waals surface area contributed by atoms with Crippen LogP contribution in [0.5, 0.6) is 0 Å². The number of aromatic nitrogens is 2. The Bertz CT molecular complexity index is 785. The molecule has 0 bridgehead atoms. The van der Waals surface area contributed by atoms with E-state index in [0.29, 0.717) is 18.1 Å². The van der Waals surface area contributed by atoms with Crippen LogP contribution in [0.2, 0.25) is 5.15 Å². The van der Waals surface area contributed by atoms with Gasteiger partial charge in [0.25, 0.3) is 10.0 Å². The van der Waals surface area contributed by atoms with Crippen LogP contribution in [0.25, 0.3) is 4.96 Å². The third kappa shape index (κ3) is 2.04. The number of thiazole rings is 1. The third-order valence-electron chi connectivity index (χ3n) is 4.16. The number of sulfonamides is 1. The Morgan fingerprint density at radius 2 is 2.29 bits per heavy atom. The lowest BCUT2D eigenvalue weighted by molar-refractivity contribution is -0.0242. The number of ether oxygens (including phenoxy) is 1. The van der Waals surface area contributed by atoms with E-state index < -0.39 is 10.0 Å². The summed E-state index contributed by atoms with van der Waals surface area (Å²) in [5.74, 6) is 0. The van der Waals surface area contributed by atoms with E-state index in [-0.39, 0.29) is 22.3 Å². The van der Waals surface area contributed by atoms with Crippen LogP contribution in [0.1, 0.15) is 19.3 Å². The van der Waals surface area contributed by atoms with Gasteiger partial charge in [0, 0.05) is 18.1 Å². The maximum absolute atomic E-state index is 13.1. The lowest BCUT2D eigenvalue weighted by atomic mass is 10.2. The molecule has 6 nitrogen and oxygen atoms in total. The van der Waals surface area contributed by atoms with Crippen molar-refractivity contribution in [2.45, 2.75) is 36.4 Å². The molecule has 2 unspecified atom stereocenters. The minimum absolute atomic E-state index is 0.0122. The van der Waals surface area contributed by atoms with Gasteiger partial charge in [-0.2, -0.15) is 4.31 Å². The molecule has 1 aliphatic carbocycles. The largest absolute Gasteiger partial charge is 0.375 e. The Morgan fingerprint density at radius 1 is 1.43 bits per heavy atom. The van der Waals surface area contributed by atoms with Gasteiger partial charge in [-0.05, 0) is 19.3 Å². The summed E-state index contributed by atoms with van der Waals surface area (Å²) in [4.78, 5) is 4.72. The fourth-order valence-electron chi connectivity index (χ4n) is 3.27.